The molecule has 2 aromatic rings. The van der Waals surface area contributed by atoms with Gasteiger partial charge >= 0.3 is 5.97 Å². The van der Waals surface area contributed by atoms with Gasteiger partial charge < -0.3 is 9.47 Å². The lowest BCUT2D eigenvalue weighted by Crippen LogP contribution is -2.28. The predicted molar refractivity (Wildman–Crippen MR) is 135 cm³/mol. The Kier molecular flexibility index (Phi) is 8.33. The molecule has 0 N–H and O–H groups in total. The molecule has 3 rings (SSSR count). The fourth-order valence-corrected chi connectivity index (χ4v) is 5.38. The van der Waals surface area contributed by atoms with Crippen LogP contribution in [0.5, 0.6) is 5.75 Å². The number of hydrogen-bond donors (Lipinski definition) is 0. The van der Waals surface area contributed by atoms with Crippen molar-refractivity contribution in [2.45, 2.75) is 6.92 Å². The van der Waals surface area contributed by atoms with Crippen molar-refractivity contribution in [3.63, 3.8) is 0 Å². The van der Waals surface area contributed by atoms with Crippen molar-refractivity contribution in [3.05, 3.63) is 74.0 Å². The van der Waals surface area contributed by atoms with Gasteiger partial charge in [-0.1, -0.05) is 12.7 Å². The molecule has 9 heteroatoms. The number of halogens is 2. The number of carbonyl (C=O) groups excluding carboxylic acids is 2. The maximum absolute atomic E-state index is 12.9. The minimum Gasteiger partial charge on any atom is -0.487 e. The van der Waals surface area contributed by atoms with Crippen LogP contribution in [-0.2, 0) is 9.53 Å². The van der Waals surface area contributed by atoms with Crippen molar-refractivity contribution in [1.82, 2.24) is 4.90 Å². The molecule has 32 heavy (non-hydrogen) atoms. The Balaban J connectivity index is 1.88. The van der Waals surface area contributed by atoms with Crippen LogP contribution < -0.4 is 4.74 Å². The number of amidine groups is 1. The zero-order chi connectivity index (χ0) is 23.3. The molecule has 166 valence electrons. The minimum atomic E-state index is -0.409. The van der Waals surface area contributed by atoms with E-state index in [1.54, 1.807) is 35.2 Å². The Labute approximate surface area is 207 Å². The van der Waals surface area contributed by atoms with Gasteiger partial charge in [0.25, 0.3) is 5.91 Å². The molecule has 0 bridgehead atoms. The van der Waals surface area contributed by atoms with Crippen molar-refractivity contribution in [2.75, 3.05) is 20.3 Å². The van der Waals surface area contributed by atoms with Gasteiger partial charge in [-0.2, -0.15) is 0 Å². The van der Waals surface area contributed by atoms with Gasteiger partial charge in [-0.15, -0.1) is 0 Å². The summed E-state index contributed by atoms with van der Waals surface area (Å²) in [6.45, 7) is 6.43. The zero-order valence-electron chi connectivity index (χ0n) is 17.4. The van der Waals surface area contributed by atoms with Crippen LogP contribution in [-0.4, -0.2) is 42.2 Å². The number of aliphatic imine (C=N–C) groups is 1. The van der Waals surface area contributed by atoms with Crippen molar-refractivity contribution < 1.29 is 19.1 Å². The molecule has 0 atom stereocenters. The van der Waals surface area contributed by atoms with Gasteiger partial charge in [0.1, 0.15) is 12.4 Å². The van der Waals surface area contributed by atoms with Gasteiger partial charge in [0, 0.05) is 6.54 Å². The van der Waals surface area contributed by atoms with Crippen molar-refractivity contribution in [2.24, 2.45) is 4.99 Å². The molecule has 0 spiro atoms. The standard InChI is InChI=1S/C23H20Br2N2O4S/c1-4-10-31-20-17(24)11-14(12-18(20)25)13-19-21(28)27(5-2)23(32-19)26-16-8-6-15(7-9-16)22(29)30-3/h4,6-9,11-13H,1,5,10H2,2-3H3/b19-13-,26-23?. The number of rotatable bonds is 7. The number of benzene rings is 2. The first-order valence-corrected chi connectivity index (χ1v) is 12.0. The fraction of sp³-hybridized carbons (Fsp3) is 0.174. The van der Waals surface area contributed by atoms with Crippen LogP contribution in [0.1, 0.15) is 22.8 Å². The maximum Gasteiger partial charge on any atom is 0.337 e. The largest absolute Gasteiger partial charge is 0.487 e. The average molecular weight is 580 g/mol. The molecule has 0 saturated carbocycles. The van der Waals surface area contributed by atoms with Gasteiger partial charge in [-0.3, -0.25) is 9.69 Å². The summed E-state index contributed by atoms with van der Waals surface area (Å²) in [4.78, 5) is 31.3. The van der Waals surface area contributed by atoms with E-state index >= 15 is 0 Å². The van der Waals surface area contributed by atoms with E-state index in [-0.39, 0.29) is 5.91 Å². The van der Waals surface area contributed by atoms with Gasteiger partial charge in [0.15, 0.2) is 5.17 Å². The first-order valence-electron chi connectivity index (χ1n) is 9.59. The van der Waals surface area contributed by atoms with E-state index < -0.39 is 5.97 Å². The van der Waals surface area contributed by atoms with Gasteiger partial charge in [0.2, 0.25) is 0 Å². The van der Waals surface area contributed by atoms with E-state index in [4.69, 9.17) is 9.47 Å². The summed E-state index contributed by atoms with van der Waals surface area (Å²) in [5.41, 5.74) is 1.92. The van der Waals surface area contributed by atoms with Gasteiger partial charge in [-0.05, 0) is 98.6 Å². The Morgan fingerprint density at radius 3 is 2.44 bits per heavy atom. The number of methoxy groups -OCH3 is 1. The minimum absolute atomic E-state index is 0.110. The average Bonchev–Trinajstić information content (AvgIpc) is 3.06. The second-order valence-electron chi connectivity index (χ2n) is 6.51. The maximum atomic E-state index is 12.9. The van der Waals surface area contributed by atoms with Gasteiger partial charge in [0.05, 0.1) is 32.2 Å². The summed E-state index contributed by atoms with van der Waals surface area (Å²) in [6.07, 6.45) is 3.50. The van der Waals surface area contributed by atoms with Crippen LogP contribution >= 0.6 is 43.6 Å². The van der Waals surface area contributed by atoms with Gasteiger partial charge in [-0.25, -0.2) is 9.79 Å². The SMILES string of the molecule is C=CCOc1c(Br)cc(/C=C2\SC(=Nc3ccc(C(=O)OC)cc3)N(CC)C2=O)cc1Br. The number of esters is 1. The molecule has 1 fully saturated rings. The van der Waals surface area contributed by atoms with Crippen LogP contribution in [0.3, 0.4) is 0 Å². The van der Waals surface area contributed by atoms with Crippen LogP contribution in [0.4, 0.5) is 5.69 Å². The first-order chi connectivity index (χ1) is 15.4. The molecule has 6 nitrogen and oxygen atoms in total. The highest BCUT2D eigenvalue weighted by Crippen LogP contribution is 2.38. The Morgan fingerprint density at radius 1 is 1.22 bits per heavy atom. The van der Waals surface area contributed by atoms with E-state index in [1.807, 2.05) is 25.1 Å². The highest BCUT2D eigenvalue weighted by atomic mass is 79.9. The number of carbonyl (C=O) groups is 2. The van der Waals surface area contributed by atoms with Crippen LogP contribution in [0.2, 0.25) is 0 Å². The second-order valence-corrected chi connectivity index (χ2v) is 9.22. The third kappa shape index (κ3) is 5.51. The number of amides is 1. The molecular formula is C23H20Br2N2O4S. The Morgan fingerprint density at radius 2 is 1.88 bits per heavy atom. The first kappa shape index (κ1) is 24.3. The number of nitrogens with zero attached hydrogens (tertiary/aromatic N) is 2. The lowest BCUT2D eigenvalue weighted by Gasteiger charge is -2.12. The fourth-order valence-electron chi connectivity index (χ4n) is 2.86. The summed E-state index contributed by atoms with van der Waals surface area (Å²) >= 11 is 8.34. The molecule has 0 radical (unpaired) electrons. The molecule has 1 aliphatic heterocycles. The normalized spacial score (nSPS) is 16.0. The second kappa shape index (κ2) is 11.0. The number of thioether (sulfide) groups is 1. The topological polar surface area (TPSA) is 68.2 Å². The Bertz CT molecular complexity index is 1090. The summed E-state index contributed by atoms with van der Waals surface area (Å²) in [7, 11) is 1.34. The lowest BCUT2D eigenvalue weighted by molar-refractivity contribution is -0.122. The Hall–Kier alpha value is -2.36. The molecule has 2 aromatic carbocycles. The van der Waals surface area contributed by atoms with E-state index in [2.05, 4.69) is 43.4 Å². The summed E-state index contributed by atoms with van der Waals surface area (Å²) in [6, 6.07) is 10.5. The third-order valence-corrected chi connectivity index (χ3v) is 6.57. The van der Waals surface area contributed by atoms with E-state index in [1.165, 1.54) is 18.9 Å². The third-order valence-electron chi connectivity index (χ3n) is 4.38. The molecule has 1 heterocycles. The molecule has 0 aromatic heterocycles. The smallest absolute Gasteiger partial charge is 0.337 e. The summed E-state index contributed by atoms with van der Waals surface area (Å²) in [5, 5.41) is 0.582. The van der Waals surface area contributed by atoms with Crippen molar-refractivity contribution in [3.8, 4) is 5.75 Å². The summed E-state index contributed by atoms with van der Waals surface area (Å²) in [5.74, 6) is 0.153. The van der Waals surface area contributed by atoms with E-state index in [0.29, 0.717) is 40.2 Å². The molecule has 0 unspecified atom stereocenters. The van der Waals surface area contributed by atoms with Crippen LogP contribution in [0.15, 0.2) is 67.9 Å². The number of likely N-dealkylation sites (N-methyl/N-ethyl adjacent to an activating group) is 1. The molecule has 1 aliphatic rings. The number of ether oxygens (including phenoxy) is 2. The highest BCUT2D eigenvalue weighted by Gasteiger charge is 2.32. The van der Waals surface area contributed by atoms with Crippen LogP contribution in [0.25, 0.3) is 6.08 Å². The molecule has 1 amide bonds. The van der Waals surface area contributed by atoms with Crippen LogP contribution in [0, 0.1) is 0 Å². The summed E-state index contributed by atoms with van der Waals surface area (Å²) < 4.78 is 11.9. The zero-order valence-corrected chi connectivity index (χ0v) is 21.4. The van der Waals surface area contributed by atoms with Crippen molar-refractivity contribution >= 4 is 72.4 Å². The quantitative estimate of drug-likeness (QED) is 0.222. The predicted octanol–water partition coefficient (Wildman–Crippen LogP) is 6.19. The van der Waals surface area contributed by atoms with E-state index in [9.17, 15) is 9.59 Å². The molecular weight excluding hydrogens is 560 g/mol. The highest BCUT2D eigenvalue weighted by molar-refractivity contribution is 9.11. The molecule has 0 aliphatic carbocycles. The molecule has 1 saturated heterocycles. The number of hydrogen-bond acceptors (Lipinski definition) is 6. The monoisotopic (exact) mass is 578 g/mol. The lowest BCUT2D eigenvalue weighted by atomic mass is 10.2. The van der Waals surface area contributed by atoms with E-state index in [0.717, 1.165) is 14.5 Å². The van der Waals surface area contributed by atoms with Crippen molar-refractivity contribution in [1.29, 1.82) is 0 Å².